The first-order chi connectivity index (χ1) is 7.29. The Morgan fingerprint density at radius 3 is 2.56 bits per heavy atom. The van der Waals surface area contributed by atoms with E-state index in [-0.39, 0.29) is 29.1 Å². The average molecular weight is 222 g/mol. The summed E-state index contributed by atoms with van der Waals surface area (Å²) in [6.45, 7) is 14.7. The van der Waals surface area contributed by atoms with E-state index in [9.17, 15) is 4.79 Å². The molecular formula is C13H22N2O. The molecule has 0 radical (unpaired) electrons. The monoisotopic (exact) mass is 222 g/mol. The number of hydrogen-bond donors (Lipinski definition) is 2. The SMILES string of the molecule is C=CC([C@H]1CNC(=O)[C@@H]1C(=C)N)C(C)(C)C. The van der Waals surface area contributed by atoms with Crippen LogP contribution in [0.3, 0.4) is 0 Å². The van der Waals surface area contributed by atoms with Gasteiger partial charge in [0.05, 0.1) is 5.92 Å². The lowest BCUT2D eigenvalue weighted by Gasteiger charge is -2.34. The van der Waals surface area contributed by atoms with Gasteiger partial charge in [-0.15, -0.1) is 6.58 Å². The van der Waals surface area contributed by atoms with Crippen LogP contribution in [0, 0.1) is 23.2 Å². The number of hydrogen-bond acceptors (Lipinski definition) is 2. The predicted molar refractivity (Wildman–Crippen MR) is 66.5 cm³/mol. The molecule has 1 aliphatic heterocycles. The quantitative estimate of drug-likeness (QED) is 0.714. The molecule has 1 rings (SSSR count). The summed E-state index contributed by atoms with van der Waals surface area (Å²) in [5, 5.41) is 2.86. The van der Waals surface area contributed by atoms with Crippen molar-refractivity contribution in [2.45, 2.75) is 20.8 Å². The third-order valence-electron chi connectivity index (χ3n) is 3.34. The van der Waals surface area contributed by atoms with Gasteiger partial charge in [-0.3, -0.25) is 4.79 Å². The van der Waals surface area contributed by atoms with Gasteiger partial charge < -0.3 is 11.1 Å². The third-order valence-corrected chi connectivity index (χ3v) is 3.34. The molecule has 3 atom stereocenters. The van der Waals surface area contributed by atoms with Crippen molar-refractivity contribution in [2.24, 2.45) is 28.9 Å². The fourth-order valence-corrected chi connectivity index (χ4v) is 2.59. The van der Waals surface area contributed by atoms with Crippen molar-refractivity contribution in [3.8, 4) is 0 Å². The number of nitrogens with two attached hydrogens (primary N) is 1. The van der Waals surface area contributed by atoms with Crippen molar-refractivity contribution in [3.63, 3.8) is 0 Å². The molecule has 1 saturated heterocycles. The Hall–Kier alpha value is -1.25. The van der Waals surface area contributed by atoms with E-state index in [0.717, 1.165) is 0 Å². The van der Waals surface area contributed by atoms with Crippen molar-refractivity contribution in [3.05, 3.63) is 24.9 Å². The number of carbonyl (C=O) groups excluding carboxylic acids is 1. The third kappa shape index (κ3) is 2.29. The highest BCUT2D eigenvalue weighted by Gasteiger charge is 2.43. The Morgan fingerprint density at radius 2 is 2.19 bits per heavy atom. The number of rotatable bonds is 3. The minimum absolute atomic E-state index is 0.00593. The zero-order valence-electron chi connectivity index (χ0n) is 10.4. The highest BCUT2D eigenvalue weighted by Crippen LogP contribution is 2.39. The van der Waals surface area contributed by atoms with E-state index < -0.39 is 0 Å². The number of nitrogens with one attached hydrogen (secondary N) is 1. The van der Waals surface area contributed by atoms with Gasteiger partial charge in [0.1, 0.15) is 0 Å². The Kier molecular flexibility index (Phi) is 3.46. The molecule has 3 heteroatoms. The van der Waals surface area contributed by atoms with Crippen LogP contribution in [0.5, 0.6) is 0 Å². The Balaban J connectivity index is 2.98. The Labute approximate surface area is 97.8 Å². The lowest BCUT2D eigenvalue weighted by molar-refractivity contribution is -0.122. The summed E-state index contributed by atoms with van der Waals surface area (Å²) in [5.74, 6) is 0.134. The van der Waals surface area contributed by atoms with Crippen molar-refractivity contribution < 1.29 is 4.79 Å². The number of amides is 1. The van der Waals surface area contributed by atoms with Crippen molar-refractivity contribution >= 4 is 5.91 Å². The summed E-state index contributed by atoms with van der Waals surface area (Å²) in [6, 6.07) is 0. The molecule has 16 heavy (non-hydrogen) atoms. The lowest BCUT2D eigenvalue weighted by atomic mass is 9.69. The fraction of sp³-hybridized carbons (Fsp3) is 0.615. The molecule has 1 unspecified atom stereocenters. The molecule has 1 amide bonds. The van der Waals surface area contributed by atoms with Gasteiger partial charge in [-0.05, 0) is 11.3 Å². The van der Waals surface area contributed by atoms with Crippen LogP contribution in [-0.2, 0) is 4.79 Å². The maximum atomic E-state index is 11.7. The fourth-order valence-electron chi connectivity index (χ4n) is 2.59. The molecule has 3 N–H and O–H groups in total. The minimum atomic E-state index is -0.276. The molecule has 1 fully saturated rings. The van der Waals surface area contributed by atoms with E-state index in [1.807, 2.05) is 6.08 Å². The molecule has 0 aliphatic carbocycles. The summed E-state index contributed by atoms with van der Waals surface area (Å²) in [6.07, 6.45) is 1.93. The van der Waals surface area contributed by atoms with Crippen LogP contribution in [0.15, 0.2) is 24.9 Å². The second-order valence-electron chi connectivity index (χ2n) is 5.59. The van der Waals surface area contributed by atoms with E-state index in [1.54, 1.807) is 0 Å². The van der Waals surface area contributed by atoms with Gasteiger partial charge in [0.25, 0.3) is 0 Å². The van der Waals surface area contributed by atoms with Crippen LogP contribution < -0.4 is 11.1 Å². The summed E-state index contributed by atoms with van der Waals surface area (Å²) in [5.41, 5.74) is 6.26. The van der Waals surface area contributed by atoms with E-state index in [4.69, 9.17) is 5.73 Å². The van der Waals surface area contributed by atoms with Gasteiger partial charge in [0.2, 0.25) is 5.91 Å². The molecule has 90 valence electrons. The topological polar surface area (TPSA) is 55.1 Å². The summed E-state index contributed by atoms with van der Waals surface area (Å²) in [7, 11) is 0. The largest absolute Gasteiger partial charge is 0.402 e. The average Bonchev–Trinajstić information content (AvgIpc) is 2.46. The van der Waals surface area contributed by atoms with E-state index >= 15 is 0 Å². The Bertz CT molecular complexity index is 314. The van der Waals surface area contributed by atoms with Crippen LogP contribution in [0.25, 0.3) is 0 Å². The first-order valence-corrected chi connectivity index (χ1v) is 5.63. The van der Waals surface area contributed by atoms with Gasteiger partial charge in [0.15, 0.2) is 0 Å². The molecule has 0 aromatic carbocycles. The summed E-state index contributed by atoms with van der Waals surface area (Å²) >= 11 is 0. The van der Waals surface area contributed by atoms with Crippen molar-refractivity contribution in [1.82, 2.24) is 5.32 Å². The van der Waals surface area contributed by atoms with Gasteiger partial charge in [-0.1, -0.05) is 33.4 Å². The Morgan fingerprint density at radius 1 is 1.62 bits per heavy atom. The second kappa shape index (κ2) is 4.32. The maximum absolute atomic E-state index is 11.7. The van der Waals surface area contributed by atoms with Crippen molar-refractivity contribution in [2.75, 3.05) is 6.54 Å². The van der Waals surface area contributed by atoms with E-state index in [1.165, 1.54) is 0 Å². The second-order valence-corrected chi connectivity index (χ2v) is 5.59. The minimum Gasteiger partial charge on any atom is -0.402 e. The van der Waals surface area contributed by atoms with Crippen LogP contribution >= 0.6 is 0 Å². The molecule has 1 aliphatic rings. The molecule has 0 aromatic rings. The molecule has 0 bridgehead atoms. The van der Waals surface area contributed by atoms with Crippen molar-refractivity contribution in [1.29, 1.82) is 0 Å². The first-order valence-electron chi connectivity index (χ1n) is 5.63. The molecule has 0 spiro atoms. The zero-order valence-corrected chi connectivity index (χ0v) is 10.4. The number of allylic oxidation sites excluding steroid dienone is 1. The first kappa shape index (κ1) is 12.8. The molecule has 1 heterocycles. The smallest absolute Gasteiger partial charge is 0.229 e. The standard InChI is InChI=1S/C13H22N2O/c1-6-10(13(3,4)5)9-7-15-12(16)11(9)8(2)14/h6,9-11H,1-2,7,14H2,3-5H3,(H,15,16)/t9-,10?,11-/m1/s1. The van der Waals surface area contributed by atoms with Crippen LogP contribution in [0.4, 0.5) is 0 Å². The highest BCUT2D eigenvalue weighted by molar-refractivity contribution is 5.83. The lowest BCUT2D eigenvalue weighted by Crippen LogP contribution is -2.33. The van der Waals surface area contributed by atoms with Gasteiger partial charge in [0, 0.05) is 18.2 Å². The number of carbonyl (C=O) groups is 1. The van der Waals surface area contributed by atoms with E-state index in [2.05, 4.69) is 39.2 Å². The van der Waals surface area contributed by atoms with E-state index in [0.29, 0.717) is 12.2 Å². The van der Waals surface area contributed by atoms with Crippen LogP contribution in [0.2, 0.25) is 0 Å². The molecule has 0 aromatic heterocycles. The molecule has 3 nitrogen and oxygen atoms in total. The zero-order chi connectivity index (χ0) is 12.5. The summed E-state index contributed by atoms with van der Waals surface area (Å²) < 4.78 is 0. The normalized spacial score (nSPS) is 27.3. The van der Waals surface area contributed by atoms with Crippen LogP contribution in [0.1, 0.15) is 20.8 Å². The predicted octanol–water partition coefficient (Wildman–Crippen LogP) is 1.67. The molecule has 0 saturated carbocycles. The summed E-state index contributed by atoms with van der Waals surface area (Å²) in [4.78, 5) is 11.7. The van der Waals surface area contributed by atoms with Gasteiger partial charge in [-0.2, -0.15) is 0 Å². The van der Waals surface area contributed by atoms with Gasteiger partial charge >= 0.3 is 0 Å². The highest BCUT2D eigenvalue weighted by atomic mass is 16.2. The molecular weight excluding hydrogens is 200 g/mol. The van der Waals surface area contributed by atoms with Crippen LogP contribution in [-0.4, -0.2) is 12.5 Å². The van der Waals surface area contributed by atoms with Gasteiger partial charge in [-0.25, -0.2) is 0 Å². The maximum Gasteiger partial charge on any atom is 0.229 e.